The van der Waals surface area contributed by atoms with Gasteiger partial charge in [-0.25, -0.2) is 4.98 Å². The molecule has 1 aromatic rings. The lowest BCUT2D eigenvalue weighted by Gasteiger charge is -2.05. The number of methoxy groups -OCH3 is 1. The molecule has 76 valence electrons. The molecule has 1 heterocycles. The molecule has 0 radical (unpaired) electrons. The maximum Gasteiger partial charge on any atom is 0.305 e. The molecule has 2 N–H and O–H groups in total. The molecule has 1 rings (SSSR count). The standard InChI is InChI=1S/C9H12N2O3/c1-14-8-6-7(2-4-11-8)10-5-3-9(12)13/h2,4,6H,3,5H2,1H3,(H,10,11)(H,12,13). The molecule has 0 aliphatic heterocycles. The largest absolute Gasteiger partial charge is 0.481 e. The van der Waals surface area contributed by atoms with Gasteiger partial charge in [0.25, 0.3) is 0 Å². The van der Waals surface area contributed by atoms with Crippen molar-refractivity contribution in [3.05, 3.63) is 18.3 Å². The van der Waals surface area contributed by atoms with Crippen LogP contribution in [0.3, 0.4) is 0 Å². The third-order valence-corrected chi connectivity index (χ3v) is 1.61. The summed E-state index contributed by atoms with van der Waals surface area (Å²) >= 11 is 0. The SMILES string of the molecule is COc1cc(NCCC(=O)O)ccn1. The fourth-order valence-corrected chi connectivity index (χ4v) is 0.945. The number of pyridine rings is 1. The molecule has 0 aliphatic carbocycles. The number of carbonyl (C=O) groups is 1. The third kappa shape index (κ3) is 3.30. The molecule has 5 heteroatoms. The van der Waals surface area contributed by atoms with Crippen molar-refractivity contribution in [2.75, 3.05) is 19.0 Å². The van der Waals surface area contributed by atoms with Gasteiger partial charge >= 0.3 is 5.97 Å². The molecule has 0 atom stereocenters. The first-order valence-electron chi connectivity index (χ1n) is 4.18. The highest BCUT2D eigenvalue weighted by molar-refractivity contribution is 5.67. The predicted octanol–water partition coefficient (Wildman–Crippen LogP) is 0.977. The summed E-state index contributed by atoms with van der Waals surface area (Å²) in [5, 5.41) is 11.4. The Bertz CT molecular complexity index is 315. The van der Waals surface area contributed by atoms with E-state index in [-0.39, 0.29) is 6.42 Å². The molecule has 5 nitrogen and oxygen atoms in total. The van der Waals surface area contributed by atoms with Crippen molar-refractivity contribution in [2.45, 2.75) is 6.42 Å². The van der Waals surface area contributed by atoms with Crippen LogP contribution in [0.2, 0.25) is 0 Å². The molecule has 0 aromatic carbocycles. The Morgan fingerprint density at radius 2 is 2.50 bits per heavy atom. The van der Waals surface area contributed by atoms with Crippen LogP contribution in [0.5, 0.6) is 5.88 Å². The summed E-state index contributed by atoms with van der Waals surface area (Å²) in [4.78, 5) is 14.2. The minimum Gasteiger partial charge on any atom is -0.481 e. The fraction of sp³-hybridized carbons (Fsp3) is 0.333. The van der Waals surface area contributed by atoms with Crippen LogP contribution in [0.25, 0.3) is 0 Å². The van der Waals surface area contributed by atoms with E-state index in [9.17, 15) is 4.79 Å². The summed E-state index contributed by atoms with van der Waals surface area (Å²) in [5.41, 5.74) is 0.804. The third-order valence-electron chi connectivity index (χ3n) is 1.61. The van der Waals surface area contributed by atoms with E-state index >= 15 is 0 Å². The predicted molar refractivity (Wildman–Crippen MR) is 51.5 cm³/mol. The number of nitrogens with one attached hydrogen (secondary N) is 1. The lowest BCUT2D eigenvalue weighted by molar-refractivity contribution is -0.136. The number of carboxylic acids is 1. The van der Waals surface area contributed by atoms with Crippen molar-refractivity contribution in [3.63, 3.8) is 0 Å². The van der Waals surface area contributed by atoms with Crippen molar-refractivity contribution in [1.29, 1.82) is 0 Å². The Morgan fingerprint density at radius 3 is 3.14 bits per heavy atom. The van der Waals surface area contributed by atoms with Gasteiger partial charge in [0, 0.05) is 24.5 Å². The highest BCUT2D eigenvalue weighted by Gasteiger charge is 1.98. The van der Waals surface area contributed by atoms with Crippen LogP contribution in [0, 0.1) is 0 Å². The van der Waals surface area contributed by atoms with E-state index in [4.69, 9.17) is 9.84 Å². The van der Waals surface area contributed by atoms with Crippen LogP contribution in [-0.4, -0.2) is 29.7 Å². The fourth-order valence-electron chi connectivity index (χ4n) is 0.945. The second-order valence-electron chi connectivity index (χ2n) is 2.66. The number of ether oxygens (including phenoxy) is 1. The van der Waals surface area contributed by atoms with Crippen LogP contribution in [0.1, 0.15) is 6.42 Å². The summed E-state index contributed by atoms with van der Waals surface area (Å²) in [5.74, 6) is -0.316. The van der Waals surface area contributed by atoms with E-state index < -0.39 is 5.97 Å². The highest BCUT2D eigenvalue weighted by Crippen LogP contribution is 2.12. The van der Waals surface area contributed by atoms with Gasteiger partial charge in [-0.15, -0.1) is 0 Å². The van der Waals surface area contributed by atoms with Gasteiger partial charge in [-0.1, -0.05) is 0 Å². The van der Waals surface area contributed by atoms with Gasteiger partial charge in [-0.05, 0) is 6.07 Å². The van der Waals surface area contributed by atoms with Gasteiger partial charge in [-0.2, -0.15) is 0 Å². The van der Waals surface area contributed by atoms with E-state index in [0.29, 0.717) is 12.4 Å². The second kappa shape index (κ2) is 5.06. The summed E-state index contributed by atoms with van der Waals surface area (Å²) in [6.07, 6.45) is 1.69. The second-order valence-corrected chi connectivity index (χ2v) is 2.66. The zero-order valence-corrected chi connectivity index (χ0v) is 7.86. The zero-order valence-electron chi connectivity index (χ0n) is 7.86. The number of hydrogen-bond acceptors (Lipinski definition) is 4. The van der Waals surface area contributed by atoms with E-state index in [2.05, 4.69) is 10.3 Å². The Balaban J connectivity index is 2.46. The van der Waals surface area contributed by atoms with Crippen molar-refractivity contribution in [3.8, 4) is 5.88 Å². The number of carboxylic acid groups (broad SMARTS) is 1. The lowest BCUT2D eigenvalue weighted by Crippen LogP contribution is -2.07. The summed E-state index contributed by atoms with van der Waals surface area (Å²) in [6, 6.07) is 3.46. The maximum absolute atomic E-state index is 10.2. The number of hydrogen-bond donors (Lipinski definition) is 2. The molecule has 0 saturated carbocycles. The van der Waals surface area contributed by atoms with Crippen LogP contribution < -0.4 is 10.1 Å². The molecule has 0 aliphatic rings. The first-order chi connectivity index (χ1) is 6.72. The van der Waals surface area contributed by atoms with Crippen molar-refractivity contribution < 1.29 is 14.6 Å². The zero-order chi connectivity index (χ0) is 10.4. The first kappa shape index (κ1) is 10.3. The molecular weight excluding hydrogens is 184 g/mol. The van der Waals surface area contributed by atoms with Crippen LogP contribution >= 0.6 is 0 Å². The molecule has 0 fully saturated rings. The van der Waals surface area contributed by atoms with Crippen molar-refractivity contribution >= 4 is 11.7 Å². The van der Waals surface area contributed by atoms with E-state index in [0.717, 1.165) is 5.69 Å². The maximum atomic E-state index is 10.2. The van der Waals surface area contributed by atoms with Gasteiger partial charge < -0.3 is 15.2 Å². The highest BCUT2D eigenvalue weighted by atomic mass is 16.5. The summed E-state index contributed by atoms with van der Waals surface area (Å²) in [6.45, 7) is 0.391. The minimum absolute atomic E-state index is 0.0879. The van der Waals surface area contributed by atoms with E-state index in [1.165, 1.54) is 7.11 Å². The number of anilines is 1. The monoisotopic (exact) mass is 196 g/mol. The molecule has 0 spiro atoms. The van der Waals surface area contributed by atoms with Gasteiger partial charge in [0.05, 0.1) is 13.5 Å². The first-order valence-corrected chi connectivity index (χ1v) is 4.18. The average molecular weight is 196 g/mol. The molecule has 1 aromatic heterocycles. The molecule has 0 saturated heterocycles. The quantitative estimate of drug-likeness (QED) is 0.734. The Hall–Kier alpha value is -1.78. The molecule has 0 bridgehead atoms. The van der Waals surface area contributed by atoms with Gasteiger partial charge in [0.2, 0.25) is 5.88 Å². The number of rotatable bonds is 5. The summed E-state index contributed by atoms with van der Waals surface area (Å²) < 4.78 is 4.91. The Labute approximate surface area is 81.7 Å². The topological polar surface area (TPSA) is 71.5 Å². The van der Waals surface area contributed by atoms with Crippen molar-refractivity contribution in [1.82, 2.24) is 4.98 Å². The van der Waals surface area contributed by atoms with E-state index in [1.54, 1.807) is 18.3 Å². The smallest absolute Gasteiger partial charge is 0.305 e. The van der Waals surface area contributed by atoms with Gasteiger partial charge in [0.1, 0.15) is 0 Å². The van der Waals surface area contributed by atoms with Crippen LogP contribution in [-0.2, 0) is 4.79 Å². The molecular formula is C9H12N2O3. The van der Waals surface area contributed by atoms with E-state index in [1.807, 2.05) is 0 Å². The lowest BCUT2D eigenvalue weighted by atomic mass is 10.3. The minimum atomic E-state index is -0.821. The number of aromatic nitrogens is 1. The molecule has 0 amide bonds. The number of nitrogens with zero attached hydrogens (tertiary/aromatic N) is 1. The average Bonchev–Trinajstić information content (AvgIpc) is 2.18. The van der Waals surface area contributed by atoms with Gasteiger partial charge in [0.15, 0.2) is 0 Å². The van der Waals surface area contributed by atoms with Crippen molar-refractivity contribution in [2.24, 2.45) is 0 Å². The van der Waals surface area contributed by atoms with Crippen LogP contribution in [0.4, 0.5) is 5.69 Å². The number of aliphatic carboxylic acids is 1. The van der Waals surface area contributed by atoms with Gasteiger partial charge in [-0.3, -0.25) is 4.79 Å². The summed E-state index contributed by atoms with van der Waals surface area (Å²) in [7, 11) is 1.53. The normalized spacial score (nSPS) is 9.50. The van der Waals surface area contributed by atoms with Crippen LogP contribution in [0.15, 0.2) is 18.3 Å². The Morgan fingerprint density at radius 1 is 1.71 bits per heavy atom. The Kier molecular flexibility index (Phi) is 3.72. The molecule has 14 heavy (non-hydrogen) atoms. The molecule has 0 unspecified atom stereocenters.